The Kier molecular flexibility index (Phi) is 3.27. The third-order valence-electron chi connectivity index (χ3n) is 2.63. The van der Waals surface area contributed by atoms with E-state index in [1.54, 1.807) is 6.07 Å². The number of rotatable bonds is 3. The second kappa shape index (κ2) is 4.87. The number of oxime groups is 1. The summed E-state index contributed by atoms with van der Waals surface area (Å²) >= 11 is 0. The minimum absolute atomic E-state index is 0.100. The van der Waals surface area contributed by atoms with Crippen molar-refractivity contribution in [2.75, 3.05) is 0 Å². The molecule has 1 aromatic carbocycles. The predicted molar refractivity (Wildman–Crippen MR) is 67.6 cm³/mol. The summed E-state index contributed by atoms with van der Waals surface area (Å²) in [5.41, 5.74) is 7.26. The van der Waals surface area contributed by atoms with Gasteiger partial charge in [-0.15, -0.1) is 0 Å². The molecule has 94 valence electrons. The Balaban J connectivity index is 2.27. The summed E-state index contributed by atoms with van der Waals surface area (Å²) < 4.78 is 1.82. The van der Waals surface area contributed by atoms with E-state index in [1.807, 2.05) is 36.7 Å². The Morgan fingerprint density at radius 2 is 2.22 bits per heavy atom. The van der Waals surface area contributed by atoms with Gasteiger partial charge in [-0.05, 0) is 25.5 Å². The Morgan fingerprint density at radius 3 is 2.83 bits per heavy atom. The molecule has 3 N–H and O–H groups in total. The Labute approximate surface area is 105 Å². The lowest BCUT2D eigenvalue weighted by atomic mass is 10.1. The van der Waals surface area contributed by atoms with Gasteiger partial charge in [-0.2, -0.15) is 5.10 Å². The molecular weight excluding hydrogens is 230 g/mol. The van der Waals surface area contributed by atoms with Crippen molar-refractivity contribution in [1.29, 1.82) is 0 Å². The molecule has 0 radical (unpaired) electrons. The Hall–Kier alpha value is -2.37. The van der Waals surface area contributed by atoms with E-state index >= 15 is 0 Å². The van der Waals surface area contributed by atoms with Crippen LogP contribution in [0.5, 0.6) is 0 Å². The van der Waals surface area contributed by atoms with E-state index in [1.165, 1.54) is 0 Å². The van der Waals surface area contributed by atoms with Crippen LogP contribution in [0.4, 0.5) is 0 Å². The van der Waals surface area contributed by atoms with Crippen molar-refractivity contribution >= 4 is 5.84 Å². The second-order valence-electron chi connectivity index (χ2n) is 4.05. The quantitative estimate of drug-likeness (QED) is 0.366. The van der Waals surface area contributed by atoms with E-state index in [0.717, 1.165) is 17.2 Å². The van der Waals surface area contributed by atoms with Crippen LogP contribution in [-0.4, -0.2) is 25.8 Å². The van der Waals surface area contributed by atoms with Gasteiger partial charge in [0.25, 0.3) is 0 Å². The molecule has 18 heavy (non-hydrogen) atoms. The number of amidine groups is 1. The highest BCUT2D eigenvalue weighted by Crippen LogP contribution is 2.08. The van der Waals surface area contributed by atoms with Crippen LogP contribution in [0.25, 0.3) is 0 Å². The molecule has 2 aromatic rings. The summed E-state index contributed by atoms with van der Waals surface area (Å²) in [5.74, 6) is 1.71. The molecule has 6 heteroatoms. The number of aryl methyl sites for hydroxylation is 2. The van der Waals surface area contributed by atoms with Gasteiger partial charge in [-0.1, -0.05) is 23.4 Å². The van der Waals surface area contributed by atoms with Gasteiger partial charge in [-0.3, -0.25) is 0 Å². The van der Waals surface area contributed by atoms with E-state index in [2.05, 4.69) is 15.2 Å². The highest BCUT2D eigenvalue weighted by Gasteiger charge is 2.05. The SMILES string of the molecule is Cc1nc(C)n(Cc2cccc(C(N)=NO)c2)n1. The molecule has 0 unspecified atom stereocenters. The fourth-order valence-corrected chi connectivity index (χ4v) is 1.77. The first kappa shape index (κ1) is 12.1. The maximum absolute atomic E-state index is 8.65. The largest absolute Gasteiger partial charge is 0.409 e. The van der Waals surface area contributed by atoms with Gasteiger partial charge in [0, 0.05) is 5.56 Å². The highest BCUT2D eigenvalue weighted by molar-refractivity contribution is 5.97. The van der Waals surface area contributed by atoms with Gasteiger partial charge in [0.1, 0.15) is 11.6 Å². The standard InChI is InChI=1S/C12H15N5O/c1-8-14-9(2)17(15-8)7-10-4-3-5-11(6-10)12(13)16-18/h3-6,18H,7H2,1-2H3,(H2,13,16). The van der Waals surface area contributed by atoms with E-state index in [0.29, 0.717) is 12.1 Å². The zero-order chi connectivity index (χ0) is 13.1. The minimum Gasteiger partial charge on any atom is -0.409 e. The van der Waals surface area contributed by atoms with Crippen LogP contribution in [0.1, 0.15) is 22.8 Å². The number of benzene rings is 1. The zero-order valence-corrected chi connectivity index (χ0v) is 10.3. The summed E-state index contributed by atoms with van der Waals surface area (Å²) in [7, 11) is 0. The van der Waals surface area contributed by atoms with Crippen molar-refractivity contribution in [3.05, 3.63) is 47.0 Å². The molecule has 1 aromatic heterocycles. The first-order valence-corrected chi connectivity index (χ1v) is 5.55. The van der Waals surface area contributed by atoms with E-state index < -0.39 is 0 Å². The van der Waals surface area contributed by atoms with Crippen molar-refractivity contribution in [3.8, 4) is 0 Å². The summed E-state index contributed by atoms with van der Waals surface area (Å²) in [4.78, 5) is 4.24. The number of nitrogens with zero attached hydrogens (tertiary/aromatic N) is 4. The molecule has 0 saturated heterocycles. The first-order chi connectivity index (χ1) is 8.60. The van der Waals surface area contributed by atoms with E-state index in [4.69, 9.17) is 10.9 Å². The molecule has 0 bridgehead atoms. The van der Waals surface area contributed by atoms with E-state index in [-0.39, 0.29) is 5.84 Å². The molecule has 0 atom stereocenters. The smallest absolute Gasteiger partial charge is 0.170 e. The fourth-order valence-electron chi connectivity index (χ4n) is 1.77. The van der Waals surface area contributed by atoms with Crippen LogP contribution in [0.3, 0.4) is 0 Å². The van der Waals surface area contributed by atoms with Crippen LogP contribution < -0.4 is 5.73 Å². The molecular formula is C12H15N5O. The molecule has 0 saturated carbocycles. The molecule has 0 fully saturated rings. The molecule has 6 nitrogen and oxygen atoms in total. The summed E-state index contributed by atoms with van der Waals surface area (Å²) in [6.07, 6.45) is 0. The van der Waals surface area contributed by atoms with Crippen molar-refractivity contribution in [1.82, 2.24) is 14.8 Å². The van der Waals surface area contributed by atoms with Crippen LogP contribution in [0.2, 0.25) is 0 Å². The molecule has 1 heterocycles. The van der Waals surface area contributed by atoms with Crippen molar-refractivity contribution < 1.29 is 5.21 Å². The molecule has 0 amide bonds. The highest BCUT2D eigenvalue weighted by atomic mass is 16.4. The molecule has 0 aliphatic rings. The fraction of sp³-hybridized carbons (Fsp3) is 0.250. The van der Waals surface area contributed by atoms with Gasteiger partial charge in [-0.25, -0.2) is 9.67 Å². The maximum atomic E-state index is 8.65. The number of hydrogen-bond donors (Lipinski definition) is 2. The minimum atomic E-state index is 0.100. The Morgan fingerprint density at radius 1 is 1.44 bits per heavy atom. The van der Waals surface area contributed by atoms with Gasteiger partial charge < -0.3 is 10.9 Å². The normalized spacial score (nSPS) is 11.8. The lowest BCUT2D eigenvalue weighted by Crippen LogP contribution is -2.13. The van der Waals surface area contributed by atoms with Gasteiger partial charge in [0.2, 0.25) is 0 Å². The molecule has 0 aliphatic heterocycles. The van der Waals surface area contributed by atoms with E-state index in [9.17, 15) is 0 Å². The Bertz CT molecular complexity index is 588. The second-order valence-corrected chi connectivity index (χ2v) is 4.05. The summed E-state index contributed by atoms with van der Waals surface area (Å²) in [5, 5.41) is 15.9. The van der Waals surface area contributed by atoms with Gasteiger partial charge in [0.05, 0.1) is 6.54 Å². The lowest BCUT2D eigenvalue weighted by molar-refractivity contribution is 0.318. The predicted octanol–water partition coefficient (Wildman–Crippen LogP) is 1.04. The third kappa shape index (κ3) is 2.48. The lowest BCUT2D eigenvalue weighted by Gasteiger charge is -2.05. The van der Waals surface area contributed by atoms with Crippen molar-refractivity contribution in [2.24, 2.45) is 10.9 Å². The monoisotopic (exact) mass is 245 g/mol. The van der Waals surface area contributed by atoms with Crippen LogP contribution >= 0.6 is 0 Å². The first-order valence-electron chi connectivity index (χ1n) is 5.55. The maximum Gasteiger partial charge on any atom is 0.170 e. The van der Waals surface area contributed by atoms with Crippen molar-refractivity contribution in [2.45, 2.75) is 20.4 Å². The topological polar surface area (TPSA) is 89.3 Å². The van der Waals surface area contributed by atoms with Crippen LogP contribution in [-0.2, 0) is 6.54 Å². The average molecular weight is 245 g/mol. The molecule has 2 rings (SSSR count). The average Bonchev–Trinajstić information content (AvgIpc) is 2.67. The number of hydrogen-bond acceptors (Lipinski definition) is 4. The number of aromatic nitrogens is 3. The molecule has 0 spiro atoms. The van der Waals surface area contributed by atoms with Crippen molar-refractivity contribution in [3.63, 3.8) is 0 Å². The summed E-state index contributed by atoms with van der Waals surface area (Å²) in [6.45, 7) is 4.38. The zero-order valence-electron chi connectivity index (χ0n) is 10.3. The van der Waals surface area contributed by atoms with Crippen LogP contribution in [0.15, 0.2) is 29.4 Å². The number of nitrogens with two attached hydrogens (primary N) is 1. The van der Waals surface area contributed by atoms with Gasteiger partial charge >= 0.3 is 0 Å². The van der Waals surface area contributed by atoms with Gasteiger partial charge in [0.15, 0.2) is 5.84 Å². The summed E-state index contributed by atoms with van der Waals surface area (Å²) in [6, 6.07) is 7.48. The third-order valence-corrected chi connectivity index (χ3v) is 2.63. The molecule has 0 aliphatic carbocycles. The van der Waals surface area contributed by atoms with Crippen LogP contribution in [0, 0.1) is 13.8 Å².